The van der Waals surface area contributed by atoms with Gasteiger partial charge in [0.15, 0.2) is 40.9 Å². The zero-order valence-corrected chi connectivity index (χ0v) is 61.1. The lowest BCUT2D eigenvalue weighted by Gasteiger charge is -2.15. The first-order valence-electron chi connectivity index (χ1n) is 26.7. The molecule has 49 heteroatoms. The predicted octanol–water partition coefficient (Wildman–Crippen LogP) is -0.800. The number of hydrogen-bond donors (Lipinski definition) is 7. The number of aliphatic carboxylic acids is 3. The highest BCUT2D eigenvalue weighted by molar-refractivity contribution is 8.26. The van der Waals surface area contributed by atoms with Crippen molar-refractivity contribution in [3.8, 4) is 12.8 Å². The fraction of sp³-hybridized carbons (Fsp3) is 0.706. The maximum Gasteiger partial charge on any atom is 0.336 e. The Hall–Kier alpha value is -5.34. The Balaban J connectivity index is -0.0000000898. The van der Waals surface area contributed by atoms with E-state index in [9.17, 15) is 62.3 Å². The Morgan fingerprint density at radius 1 is 0.560 bits per heavy atom. The van der Waals surface area contributed by atoms with Crippen LogP contribution < -0.4 is 0 Å². The number of aliphatic hydroxyl groups is 2. The van der Waals surface area contributed by atoms with Crippen molar-refractivity contribution < 1.29 is 207 Å². The van der Waals surface area contributed by atoms with Crippen LogP contribution in [0.15, 0.2) is 0 Å². The van der Waals surface area contributed by atoms with Gasteiger partial charge in [0.05, 0.1) is 44.2 Å². The number of carbonyl (C=O) groups is 13. The molecule has 10 N–H and O–H groups in total. The van der Waals surface area contributed by atoms with Crippen LogP contribution in [0.25, 0.3) is 0 Å². The average molecular weight is 1620 g/mol. The molecule has 2 aliphatic heterocycles. The van der Waals surface area contributed by atoms with E-state index in [-0.39, 0.29) is 168 Å². The minimum atomic E-state index is -1.93. The van der Waals surface area contributed by atoms with Crippen molar-refractivity contribution in [2.24, 2.45) is 0 Å². The number of imide groups is 2. The van der Waals surface area contributed by atoms with E-state index in [0.717, 1.165) is 0 Å². The summed E-state index contributed by atoms with van der Waals surface area (Å²) in [7, 11) is 15.9. The number of hydrogen-bond acceptors (Lipinski definition) is 35. The van der Waals surface area contributed by atoms with Crippen LogP contribution in [0.5, 0.6) is 0 Å². The molecule has 594 valence electrons. The maximum atomic E-state index is 11.5. The quantitative estimate of drug-likeness (QED) is 0.00325. The van der Waals surface area contributed by atoms with Crippen LogP contribution in [0.3, 0.4) is 0 Å². The smallest absolute Gasteiger partial charge is 0.336 e. The third kappa shape index (κ3) is 114. The Kier molecular flexibility index (Phi) is 109. The van der Waals surface area contributed by atoms with Gasteiger partial charge < -0.3 is 102 Å². The SMILES string of the molecule is C.CC(O)CC(=O)O.COCOCC(=O)Cl.COCOCC(=O)Cl.COCOCC(=O)O.COCOCC(=O)OC(C)CC(=O)O.COCOCC(=O)OC(C)CC(=O)ON1C(=O)CCC1=O.COCOCC(=O)OC(C)CC[OH+]O.O.O=C1CCC(=O)N1O.O=[SH+](Cl)Cl.OO[SH2+].[2H]C#C.[ClH2+]. The van der Waals surface area contributed by atoms with Gasteiger partial charge in [-0.3, -0.25) is 48.5 Å². The van der Waals surface area contributed by atoms with Crippen molar-refractivity contribution in [2.45, 2.75) is 111 Å². The Morgan fingerprint density at radius 2 is 0.830 bits per heavy atom. The molecular formula is C51H97Cl5N2O40S2+4. The third-order valence-electron chi connectivity index (χ3n) is 7.77. The summed E-state index contributed by atoms with van der Waals surface area (Å²) in [6.45, 7) is 5.51. The summed E-state index contributed by atoms with van der Waals surface area (Å²) in [5, 5.41) is 55.7. The predicted molar refractivity (Wildman–Crippen MR) is 346 cm³/mol. The molecule has 0 aromatic heterocycles. The van der Waals surface area contributed by atoms with E-state index >= 15 is 0 Å². The molecule has 0 aliphatic carbocycles. The zero-order chi connectivity index (χ0) is 77.8. The number of hydroxylamine groups is 4. The molecule has 0 radical (unpaired) electrons. The first kappa shape index (κ1) is 119. The highest BCUT2D eigenvalue weighted by atomic mass is 36.0. The molecule has 100 heavy (non-hydrogen) atoms. The normalized spacial score (nSPS) is 12.2. The van der Waals surface area contributed by atoms with Gasteiger partial charge in [-0.2, -0.15) is 5.06 Å². The minimum Gasteiger partial charge on any atom is -0.481 e. The van der Waals surface area contributed by atoms with Crippen molar-refractivity contribution in [3.63, 3.8) is 0 Å². The summed E-state index contributed by atoms with van der Waals surface area (Å²) in [5.74, 6) is -7.65. The van der Waals surface area contributed by atoms with Crippen molar-refractivity contribution in [1.29, 1.82) is 0 Å². The summed E-state index contributed by atoms with van der Waals surface area (Å²) >= 11 is 12.0. The van der Waals surface area contributed by atoms with Crippen LogP contribution in [0.4, 0.5) is 0 Å². The van der Waals surface area contributed by atoms with Gasteiger partial charge in [0, 0.05) is 68.3 Å². The summed E-state index contributed by atoms with van der Waals surface area (Å²) in [5.41, 5.74) is 0. The summed E-state index contributed by atoms with van der Waals surface area (Å²) in [6.07, 6.45) is 3.51. The van der Waals surface area contributed by atoms with E-state index in [0.29, 0.717) is 11.5 Å². The number of terminal acetylenes is 1. The van der Waals surface area contributed by atoms with Gasteiger partial charge >= 0.3 is 41.8 Å². The molecule has 4 amide bonds. The largest absolute Gasteiger partial charge is 0.481 e. The zero-order valence-electron chi connectivity index (χ0n) is 56.3. The van der Waals surface area contributed by atoms with Crippen LogP contribution in [-0.4, -0.2) is 287 Å². The second-order valence-electron chi connectivity index (χ2n) is 16.4. The van der Waals surface area contributed by atoms with E-state index in [4.69, 9.17) is 93.4 Å². The van der Waals surface area contributed by atoms with E-state index in [1.807, 2.05) is 0 Å². The van der Waals surface area contributed by atoms with Crippen LogP contribution >= 0.6 is 44.6 Å². The fourth-order valence-electron chi connectivity index (χ4n) is 4.50. The molecule has 2 fully saturated rings. The lowest BCUT2D eigenvalue weighted by molar-refractivity contribution is -0.377. The van der Waals surface area contributed by atoms with E-state index in [1.54, 1.807) is 6.92 Å². The summed E-state index contributed by atoms with van der Waals surface area (Å²) in [6, 6.07) is 0. The second-order valence-corrected chi connectivity index (χ2v) is 20.2. The monoisotopic (exact) mass is 1620 g/mol. The molecule has 2 saturated heterocycles. The number of nitrogens with zero attached hydrogens (tertiary/aromatic N) is 2. The molecule has 4 unspecified atom stereocenters. The van der Waals surface area contributed by atoms with Crippen molar-refractivity contribution >= 4 is 143 Å². The maximum absolute atomic E-state index is 11.5. The highest BCUT2D eigenvalue weighted by Crippen LogP contribution is 2.14. The number of aliphatic hydroxyl groups excluding tert-OH is 1. The van der Waals surface area contributed by atoms with Crippen LogP contribution in [0.2, 0.25) is 0 Å². The number of carbonyl (C=O) groups excluding carboxylic acids is 10. The Bertz CT molecular complexity index is 2120. The minimum absolute atomic E-state index is 0. The number of methoxy groups -OCH3 is 6. The number of ether oxygens (including phenoxy) is 15. The van der Waals surface area contributed by atoms with E-state index in [2.05, 4.69) is 97.4 Å². The van der Waals surface area contributed by atoms with E-state index < -0.39 is 103 Å². The molecule has 2 heterocycles. The van der Waals surface area contributed by atoms with Gasteiger partial charge in [-0.15, -0.1) is 23.1 Å². The molecule has 0 bridgehead atoms. The lowest BCUT2D eigenvalue weighted by Crippen LogP contribution is -2.33. The average Bonchev–Trinajstić information content (AvgIpc) is 1.75. The van der Waals surface area contributed by atoms with Crippen LogP contribution in [0.1, 0.15) is 87.9 Å². The topological polar surface area (TPSA) is 588 Å². The molecule has 0 aromatic rings. The molecule has 0 aromatic carbocycles. The van der Waals surface area contributed by atoms with Crippen LogP contribution in [0, 0.1) is 25.2 Å². The Labute approximate surface area is 610 Å². The summed E-state index contributed by atoms with van der Waals surface area (Å²) < 4.78 is 87.2. The molecular weight excluding hydrogens is 1520 g/mol. The van der Waals surface area contributed by atoms with Crippen molar-refractivity contribution in [3.05, 3.63) is 0 Å². The number of amides is 4. The highest BCUT2D eigenvalue weighted by Gasteiger charge is 2.33. The molecule has 4 atom stereocenters. The second kappa shape index (κ2) is 91.7. The van der Waals surface area contributed by atoms with Crippen molar-refractivity contribution in [2.75, 3.05) is 130 Å². The molecule has 0 spiro atoms. The molecule has 0 saturated carbocycles. The number of rotatable bonds is 37. The standard InChI is InChI=1S/C12H17NO8.C8H14O6.C8H16O6.2C4H7ClO3.C4H5NO3.C4H8O4.C4H8O3.C2H2.CH4.Cl2OS.ClH2.H2O2S.H2O/c1-8(20-12(17)6-19-7-18-2)5-11(16)21-13-9(14)3-4-10(13)15;1-6(3-7(9)10)14-8(11)4-13-5-12-2;1-7(3-4-13-10)14-8(9)5-12-6-11-2;2*1-7-3-8-2-4(5)6;6-3-1-2-4(7)5(3)8;1-7-3-8-2-4(5)6;1-3(5)2-4(6)7;1-2;;1-4(2)3;;1-2-3;/h8H,3-7H2,1-2H3;6H,3-5H2,1-2H3,(H,9,10);7,10H,3-6H2,1-2H3;2*2-3H2,1H3;8H,1-2H2;2-3H2,1H3,(H,5,6);3,5H,2H2,1H3,(H,6,7);1-2H;1H4;;1H2;1,3H;1H2/q;;;;;;;;;;;+1;;/p+3/i;;;;;;;;1D;;;;;. The molecule has 2 aliphatic rings. The summed E-state index contributed by atoms with van der Waals surface area (Å²) in [4.78, 5) is 145. The fourth-order valence-corrected chi connectivity index (χ4v) is 4.65. The number of thiol groups is 1. The number of carboxylic acid groups (broad SMARTS) is 3. The first-order chi connectivity index (χ1) is 45.9. The van der Waals surface area contributed by atoms with Gasteiger partial charge in [0.2, 0.25) is 10.5 Å². The first-order valence-corrected chi connectivity index (χ1v) is 30.4. The van der Waals surface area contributed by atoms with Gasteiger partial charge in [-0.05, 0) is 55.2 Å². The van der Waals surface area contributed by atoms with Gasteiger partial charge in [0.1, 0.15) is 100 Å². The molecule has 42 nitrogen and oxygen atoms in total. The van der Waals surface area contributed by atoms with Gasteiger partial charge in [-0.25, -0.2) is 29.2 Å². The number of esters is 3. The lowest BCUT2D eigenvalue weighted by atomic mass is 10.3. The van der Waals surface area contributed by atoms with E-state index in [1.165, 1.54) is 69.8 Å². The Morgan fingerprint density at radius 3 is 1.06 bits per heavy atom. The van der Waals surface area contributed by atoms with Crippen LogP contribution in [-0.2, 0) is 169 Å². The molecule has 2 rings (SSSR count). The third-order valence-corrected chi connectivity index (χ3v) is 7.99. The van der Waals surface area contributed by atoms with Crippen molar-refractivity contribution in [1.82, 2.24) is 10.1 Å². The van der Waals surface area contributed by atoms with Gasteiger partial charge in [-0.1, -0.05) is 11.6 Å². The van der Waals surface area contributed by atoms with Gasteiger partial charge in [0.25, 0.3) is 32.9 Å². The number of carboxylic acids is 3. The number of halogens is 5.